The maximum Gasteiger partial charge on any atom is 0.0956 e. The number of nitrogens with zero attached hydrogens (tertiary/aromatic N) is 1. The van der Waals surface area contributed by atoms with E-state index in [4.69, 9.17) is 5.11 Å². The summed E-state index contributed by atoms with van der Waals surface area (Å²) in [6.45, 7) is 8.67. The molecule has 0 bridgehead atoms. The fraction of sp³-hybridized carbons (Fsp3) is 1.00. The van der Waals surface area contributed by atoms with Crippen molar-refractivity contribution in [2.45, 2.75) is 27.2 Å². The van der Waals surface area contributed by atoms with Crippen LogP contribution in [0.5, 0.6) is 0 Å². The molecule has 0 saturated heterocycles. The molecule has 1 N–H and O–H groups in total. The molecule has 0 aliphatic rings. The molecule has 62 valence electrons. The Balaban J connectivity index is 3.39. The van der Waals surface area contributed by atoms with E-state index in [-0.39, 0.29) is 6.73 Å². The van der Waals surface area contributed by atoms with Gasteiger partial charge in [-0.2, -0.15) is 0 Å². The molecule has 0 aromatic rings. The standard InChI is InChI=1S/C8H19NO/c1-4-5-9(7-10)6-8(2)3/h8,10H,4-7H2,1-3H3. The summed E-state index contributed by atoms with van der Waals surface area (Å²) in [4.78, 5) is 2.06. The quantitative estimate of drug-likeness (QED) is 0.589. The van der Waals surface area contributed by atoms with E-state index in [2.05, 4.69) is 25.7 Å². The second-order valence-corrected chi connectivity index (χ2v) is 3.11. The van der Waals surface area contributed by atoms with Crippen molar-refractivity contribution in [1.29, 1.82) is 0 Å². The lowest BCUT2D eigenvalue weighted by Gasteiger charge is -2.20. The van der Waals surface area contributed by atoms with Gasteiger partial charge in [0.25, 0.3) is 0 Å². The zero-order valence-electron chi connectivity index (χ0n) is 7.30. The van der Waals surface area contributed by atoms with Crippen LogP contribution in [0.2, 0.25) is 0 Å². The van der Waals surface area contributed by atoms with Crippen molar-refractivity contribution in [3.8, 4) is 0 Å². The maximum atomic E-state index is 8.83. The lowest BCUT2D eigenvalue weighted by molar-refractivity contribution is 0.0962. The predicted octanol–water partition coefficient (Wildman–Crippen LogP) is 1.30. The van der Waals surface area contributed by atoms with Crippen LogP contribution in [0, 0.1) is 5.92 Å². The summed E-state index contributed by atoms with van der Waals surface area (Å²) in [5, 5.41) is 8.83. The van der Waals surface area contributed by atoms with Gasteiger partial charge in [0.15, 0.2) is 0 Å². The molecule has 2 heteroatoms. The molecule has 0 fully saturated rings. The highest BCUT2D eigenvalue weighted by molar-refractivity contribution is 4.54. The largest absolute Gasteiger partial charge is 0.381 e. The summed E-state index contributed by atoms with van der Waals surface area (Å²) < 4.78 is 0. The maximum absolute atomic E-state index is 8.83. The molecule has 0 radical (unpaired) electrons. The molecule has 0 aromatic heterocycles. The van der Waals surface area contributed by atoms with Gasteiger partial charge in [-0.1, -0.05) is 20.8 Å². The van der Waals surface area contributed by atoms with Crippen LogP contribution in [0.4, 0.5) is 0 Å². The Morgan fingerprint density at radius 2 is 2.00 bits per heavy atom. The second kappa shape index (κ2) is 5.69. The topological polar surface area (TPSA) is 23.5 Å². The monoisotopic (exact) mass is 145 g/mol. The average molecular weight is 145 g/mol. The van der Waals surface area contributed by atoms with Crippen molar-refractivity contribution < 1.29 is 5.11 Å². The van der Waals surface area contributed by atoms with Crippen LogP contribution < -0.4 is 0 Å². The molecular formula is C8H19NO. The van der Waals surface area contributed by atoms with Crippen LogP contribution in [0.1, 0.15) is 27.2 Å². The van der Waals surface area contributed by atoms with E-state index < -0.39 is 0 Å². The Kier molecular flexibility index (Phi) is 5.64. The lowest BCUT2D eigenvalue weighted by atomic mass is 10.2. The Hall–Kier alpha value is -0.0800. The molecule has 0 spiro atoms. The van der Waals surface area contributed by atoms with Gasteiger partial charge in [0.2, 0.25) is 0 Å². The van der Waals surface area contributed by atoms with E-state index in [9.17, 15) is 0 Å². The molecule has 0 atom stereocenters. The van der Waals surface area contributed by atoms with Crippen LogP contribution in [-0.4, -0.2) is 29.8 Å². The van der Waals surface area contributed by atoms with Crippen molar-refractivity contribution in [1.82, 2.24) is 4.90 Å². The average Bonchev–Trinajstić information content (AvgIpc) is 1.86. The lowest BCUT2D eigenvalue weighted by Crippen LogP contribution is -2.29. The zero-order chi connectivity index (χ0) is 7.98. The molecule has 0 aliphatic carbocycles. The number of hydrogen-bond acceptors (Lipinski definition) is 2. The van der Waals surface area contributed by atoms with Crippen molar-refractivity contribution in [3.05, 3.63) is 0 Å². The molecule has 0 aromatic carbocycles. The van der Waals surface area contributed by atoms with Gasteiger partial charge in [-0.3, -0.25) is 4.90 Å². The fourth-order valence-corrected chi connectivity index (χ4v) is 1.05. The molecule has 0 unspecified atom stereocenters. The van der Waals surface area contributed by atoms with Crippen LogP contribution >= 0.6 is 0 Å². The van der Waals surface area contributed by atoms with Crippen LogP contribution in [0.25, 0.3) is 0 Å². The highest BCUT2D eigenvalue weighted by Gasteiger charge is 2.02. The van der Waals surface area contributed by atoms with Crippen molar-refractivity contribution in [3.63, 3.8) is 0 Å². The van der Waals surface area contributed by atoms with Crippen molar-refractivity contribution >= 4 is 0 Å². The highest BCUT2D eigenvalue weighted by Crippen LogP contribution is 1.97. The summed E-state index contributed by atoms with van der Waals surface area (Å²) in [5.74, 6) is 0.652. The Labute approximate surface area is 63.8 Å². The first-order valence-corrected chi connectivity index (χ1v) is 4.03. The SMILES string of the molecule is CCCN(CO)CC(C)C. The molecule has 10 heavy (non-hydrogen) atoms. The van der Waals surface area contributed by atoms with Crippen LogP contribution in [-0.2, 0) is 0 Å². The van der Waals surface area contributed by atoms with Gasteiger partial charge in [-0.05, 0) is 12.3 Å². The molecule has 0 rings (SSSR count). The van der Waals surface area contributed by atoms with Crippen LogP contribution in [0.3, 0.4) is 0 Å². The summed E-state index contributed by atoms with van der Waals surface area (Å²) in [6, 6.07) is 0. The van der Waals surface area contributed by atoms with Gasteiger partial charge in [-0.25, -0.2) is 0 Å². The predicted molar refractivity (Wildman–Crippen MR) is 43.8 cm³/mol. The number of hydrogen-bond donors (Lipinski definition) is 1. The van der Waals surface area contributed by atoms with E-state index in [1.165, 1.54) is 0 Å². The van der Waals surface area contributed by atoms with Crippen molar-refractivity contribution in [2.24, 2.45) is 5.92 Å². The van der Waals surface area contributed by atoms with E-state index in [0.29, 0.717) is 5.92 Å². The van der Waals surface area contributed by atoms with Gasteiger partial charge in [0.05, 0.1) is 6.73 Å². The van der Waals surface area contributed by atoms with Gasteiger partial charge in [0, 0.05) is 13.1 Å². The first-order chi connectivity index (χ1) is 4.70. The normalized spacial score (nSPS) is 11.4. The number of rotatable bonds is 5. The van der Waals surface area contributed by atoms with Crippen molar-refractivity contribution in [2.75, 3.05) is 19.8 Å². The van der Waals surface area contributed by atoms with Gasteiger partial charge < -0.3 is 5.11 Å². The summed E-state index contributed by atoms with van der Waals surface area (Å²) in [6.07, 6.45) is 1.12. The first kappa shape index (κ1) is 9.92. The molecule has 2 nitrogen and oxygen atoms in total. The summed E-state index contributed by atoms with van der Waals surface area (Å²) in [5.41, 5.74) is 0. The number of aliphatic hydroxyl groups excluding tert-OH is 1. The minimum Gasteiger partial charge on any atom is -0.381 e. The summed E-state index contributed by atoms with van der Waals surface area (Å²) >= 11 is 0. The van der Waals surface area contributed by atoms with E-state index in [0.717, 1.165) is 19.5 Å². The molecule has 0 amide bonds. The van der Waals surface area contributed by atoms with E-state index >= 15 is 0 Å². The highest BCUT2D eigenvalue weighted by atomic mass is 16.3. The molecule has 0 aliphatic heterocycles. The fourth-order valence-electron chi connectivity index (χ4n) is 1.05. The first-order valence-electron chi connectivity index (χ1n) is 4.03. The molecule has 0 saturated carbocycles. The third kappa shape index (κ3) is 4.77. The Morgan fingerprint density at radius 1 is 1.40 bits per heavy atom. The minimum atomic E-state index is 0.200. The van der Waals surface area contributed by atoms with Gasteiger partial charge in [-0.15, -0.1) is 0 Å². The third-order valence-corrected chi connectivity index (χ3v) is 1.36. The van der Waals surface area contributed by atoms with E-state index in [1.807, 2.05) is 0 Å². The second-order valence-electron chi connectivity index (χ2n) is 3.11. The summed E-state index contributed by atoms with van der Waals surface area (Å²) in [7, 11) is 0. The molecule has 0 heterocycles. The van der Waals surface area contributed by atoms with Gasteiger partial charge >= 0.3 is 0 Å². The molecular weight excluding hydrogens is 126 g/mol. The third-order valence-electron chi connectivity index (χ3n) is 1.36. The zero-order valence-corrected chi connectivity index (χ0v) is 7.30. The minimum absolute atomic E-state index is 0.200. The van der Waals surface area contributed by atoms with Gasteiger partial charge in [0.1, 0.15) is 0 Å². The number of aliphatic hydroxyl groups is 1. The smallest absolute Gasteiger partial charge is 0.0956 e. The Bertz CT molecular complexity index is 73.7. The van der Waals surface area contributed by atoms with E-state index in [1.54, 1.807) is 0 Å². The Morgan fingerprint density at radius 3 is 2.30 bits per heavy atom. The van der Waals surface area contributed by atoms with Crippen LogP contribution in [0.15, 0.2) is 0 Å².